The van der Waals surface area contributed by atoms with E-state index in [1.807, 2.05) is 13.8 Å². The molecule has 0 atom stereocenters. The maximum atomic E-state index is 13.3. The molecule has 0 aromatic heterocycles. The molecule has 0 fully saturated rings. The van der Waals surface area contributed by atoms with Gasteiger partial charge in [-0.3, -0.25) is 4.79 Å². The lowest BCUT2D eigenvalue weighted by Crippen LogP contribution is -2.30. The number of hydrogen-bond acceptors (Lipinski definition) is 5. The molecule has 0 aliphatic heterocycles. The SMILES string of the molecule is Cc1ccc(S(=O)(=O)CNC(=O)C/C(=C/c2ccccc2)S(=O)(=O)c2ccc(C)cc2)cc1. The summed E-state index contributed by atoms with van der Waals surface area (Å²) in [5.41, 5.74) is 2.43. The Kier molecular flexibility index (Phi) is 7.50. The Morgan fingerprint density at radius 3 is 1.82 bits per heavy atom. The van der Waals surface area contributed by atoms with Crippen LogP contribution >= 0.6 is 0 Å². The summed E-state index contributed by atoms with van der Waals surface area (Å²) in [6.45, 7) is 3.69. The largest absolute Gasteiger partial charge is 0.341 e. The van der Waals surface area contributed by atoms with Crippen LogP contribution in [0.4, 0.5) is 0 Å². The van der Waals surface area contributed by atoms with Gasteiger partial charge in [0.25, 0.3) is 0 Å². The summed E-state index contributed by atoms with van der Waals surface area (Å²) >= 11 is 0. The summed E-state index contributed by atoms with van der Waals surface area (Å²) in [7, 11) is -7.73. The Labute approximate surface area is 194 Å². The van der Waals surface area contributed by atoms with Crippen LogP contribution in [0.3, 0.4) is 0 Å². The van der Waals surface area contributed by atoms with Gasteiger partial charge in [-0.05, 0) is 49.8 Å². The second-order valence-electron chi connectivity index (χ2n) is 7.69. The molecule has 1 amide bonds. The highest BCUT2D eigenvalue weighted by atomic mass is 32.2. The molecular weight excluding hydrogens is 458 g/mol. The first-order valence-corrected chi connectivity index (χ1v) is 13.3. The van der Waals surface area contributed by atoms with Crippen LogP contribution in [0.2, 0.25) is 0 Å². The average Bonchev–Trinajstić information content (AvgIpc) is 2.79. The average molecular weight is 484 g/mol. The van der Waals surface area contributed by atoms with Gasteiger partial charge in [0, 0.05) is 0 Å². The van der Waals surface area contributed by atoms with Gasteiger partial charge in [0.05, 0.1) is 21.1 Å². The zero-order chi connectivity index (χ0) is 24.1. The second-order valence-corrected chi connectivity index (χ2v) is 11.7. The molecule has 33 heavy (non-hydrogen) atoms. The first kappa shape index (κ1) is 24.4. The van der Waals surface area contributed by atoms with Gasteiger partial charge < -0.3 is 5.32 Å². The first-order chi connectivity index (χ1) is 15.6. The van der Waals surface area contributed by atoms with Gasteiger partial charge >= 0.3 is 0 Å². The van der Waals surface area contributed by atoms with Crippen LogP contribution in [0.1, 0.15) is 23.1 Å². The number of carbonyl (C=O) groups excluding carboxylic acids is 1. The van der Waals surface area contributed by atoms with E-state index >= 15 is 0 Å². The molecule has 172 valence electrons. The maximum absolute atomic E-state index is 13.3. The third-order valence-corrected chi connectivity index (χ3v) is 8.34. The Hall–Kier alpha value is -3.23. The molecule has 3 aromatic rings. The van der Waals surface area contributed by atoms with Crippen LogP contribution < -0.4 is 5.32 Å². The van der Waals surface area contributed by atoms with Crippen LogP contribution in [-0.2, 0) is 24.5 Å². The Morgan fingerprint density at radius 2 is 1.27 bits per heavy atom. The fourth-order valence-electron chi connectivity index (χ4n) is 3.05. The number of rotatable bonds is 8. The Balaban J connectivity index is 1.84. The van der Waals surface area contributed by atoms with Crippen LogP contribution in [0.5, 0.6) is 0 Å². The van der Waals surface area contributed by atoms with E-state index in [4.69, 9.17) is 0 Å². The monoisotopic (exact) mass is 483 g/mol. The Bertz CT molecular complexity index is 1360. The molecule has 8 heteroatoms. The first-order valence-electron chi connectivity index (χ1n) is 10.2. The molecule has 1 N–H and O–H groups in total. The highest BCUT2D eigenvalue weighted by Gasteiger charge is 2.24. The Morgan fingerprint density at radius 1 is 0.758 bits per heavy atom. The molecule has 0 saturated carbocycles. The number of aryl methyl sites for hydroxylation is 2. The van der Waals surface area contributed by atoms with E-state index in [0.717, 1.165) is 11.1 Å². The lowest BCUT2D eigenvalue weighted by molar-refractivity contribution is -0.120. The molecule has 0 saturated heterocycles. The van der Waals surface area contributed by atoms with Crippen LogP contribution in [0.25, 0.3) is 6.08 Å². The number of amides is 1. The standard InChI is InChI=1S/C25H25NO5S2/c1-19-8-12-22(13-9-19)32(28,29)18-26-25(27)17-24(16-21-6-4-3-5-7-21)33(30,31)23-14-10-20(2)11-15-23/h3-16H,17-18H2,1-2H3,(H,26,27)/b24-16-. The van der Waals surface area contributed by atoms with E-state index in [1.165, 1.54) is 30.3 Å². The van der Waals surface area contributed by atoms with E-state index in [1.54, 1.807) is 54.6 Å². The van der Waals surface area contributed by atoms with Crippen LogP contribution in [-0.4, -0.2) is 28.6 Å². The van der Waals surface area contributed by atoms with Crippen molar-refractivity contribution in [3.8, 4) is 0 Å². The molecule has 0 aliphatic carbocycles. The number of hydrogen-bond donors (Lipinski definition) is 1. The summed E-state index contributed by atoms with van der Waals surface area (Å²) in [5, 5.41) is 2.35. The molecule has 0 bridgehead atoms. The van der Waals surface area contributed by atoms with Crippen LogP contribution in [0.15, 0.2) is 93.6 Å². The molecular formula is C25H25NO5S2. The summed E-state index contributed by atoms with van der Waals surface area (Å²) in [6.07, 6.45) is 0.942. The maximum Gasteiger partial charge on any atom is 0.225 e. The topological polar surface area (TPSA) is 97.4 Å². The lowest BCUT2D eigenvalue weighted by atomic mass is 10.2. The molecule has 0 spiro atoms. The number of benzene rings is 3. The van der Waals surface area contributed by atoms with Gasteiger partial charge in [-0.25, -0.2) is 16.8 Å². The molecule has 3 aromatic carbocycles. The fourth-order valence-corrected chi connectivity index (χ4v) is 5.53. The van der Waals surface area contributed by atoms with Gasteiger partial charge in [-0.15, -0.1) is 0 Å². The molecule has 3 rings (SSSR count). The zero-order valence-corrected chi connectivity index (χ0v) is 20.0. The predicted molar refractivity (Wildman–Crippen MR) is 129 cm³/mol. The van der Waals surface area contributed by atoms with Crippen LogP contribution in [0, 0.1) is 13.8 Å². The minimum Gasteiger partial charge on any atom is -0.341 e. The van der Waals surface area contributed by atoms with Crippen molar-refractivity contribution in [2.45, 2.75) is 30.1 Å². The van der Waals surface area contributed by atoms with Crippen molar-refractivity contribution in [2.75, 3.05) is 5.88 Å². The molecule has 0 unspecified atom stereocenters. The van der Waals surface area contributed by atoms with Gasteiger partial charge in [0.2, 0.25) is 15.7 Å². The zero-order valence-electron chi connectivity index (χ0n) is 18.4. The van der Waals surface area contributed by atoms with Crippen molar-refractivity contribution in [1.29, 1.82) is 0 Å². The molecule has 0 radical (unpaired) electrons. The van der Waals surface area contributed by atoms with Gasteiger partial charge in [0.15, 0.2) is 9.84 Å². The van der Waals surface area contributed by atoms with E-state index in [-0.39, 0.29) is 14.7 Å². The third-order valence-electron chi connectivity index (χ3n) is 4.98. The molecule has 6 nitrogen and oxygen atoms in total. The minimum absolute atomic E-state index is 0.0651. The van der Waals surface area contributed by atoms with E-state index in [0.29, 0.717) is 5.56 Å². The van der Waals surface area contributed by atoms with Crippen molar-refractivity contribution >= 4 is 31.7 Å². The highest BCUT2D eigenvalue weighted by molar-refractivity contribution is 7.95. The van der Waals surface area contributed by atoms with Crippen molar-refractivity contribution in [3.63, 3.8) is 0 Å². The predicted octanol–water partition coefficient (Wildman–Crippen LogP) is 4.06. The number of sulfone groups is 2. The van der Waals surface area contributed by atoms with E-state index in [9.17, 15) is 21.6 Å². The third kappa shape index (κ3) is 6.40. The molecule has 0 heterocycles. The van der Waals surface area contributed by atoms with Gasteiger partial charge in [-0.2, -0.15) is 0 Å². The fraction of sp³-hybridized carbons (Fsp3) is 0.160. The molecule has 0 aliphatic rings. The quantitative estimate of drug-likeness (QED) is 0.521. The highest BCUT2D eigenvalue weighted by Crippen LogP contribution is 2.25. The van der Waals surface area contributed by atoms with E-state index < -0.39 is 37.9 Å². The summed E-state index contributed by atoms with van der Waals surface area (Å²) in [6, 6.07) is 21.4. The van der Waals surface area contributed by atoms with Gasteiger partial charge in [0.1, 0.15) is 5.88 Å². The number of nitrogens with one attached hydrogen (secondary N) is 1. The van der Waals surface area contributed by atoms with Gasteiger partial charge in [-0.1, -0.05) is 65.7 Å². The summed E-state index contributed by atoms with van der Waals surface area (Å²) in [4.78, 5) is 12.7. The minimum atomic E-state index is -3.97. The smallest absolute Gasteiger partial charge is 0.225 e. The summed E-state index contributed by atoms with van der Waals surface area (Å²) < 4.78 is 51.6. The normalized spacial score (nSPS) is 12.4. The van der Waals surface area contributed by atoms with Crippen molar-refractivity contribution < 1.29 is 21.6 Å². The van der Waals surface area contributed by atoms with Crippen molar-refractivity contribution in [3.05, 3.63) is 100 Å². The van der Waals surface area contributed by atoms with Crippen molar-refractivity contribution in [1.82, 2.24) is 5.32 Å². The summed E-state index contributed by atoms with van der Waals surface area (Å²) in [5.74, 6) is -1.33. The lowest BCUT2D eigenvalue weighted by Gasteiger charge is -2.11. The van der Waals surface area contributed by atoms with E-state index in [2.05, 4.69) is 5.32 Å². The second kappa shape index (κ2) is 10.1. The van der Waals surface area contributed by atoms with Crippen molar-refractivity contribution in [2.24, 2.45) is 0 Å². The number of carbonyl (C=O) groups is 1.